The summed E-state index contributed by atoms with van der Waals surface area (Å²) in [7, 11) is 4.67. The number of aliphatic hydroxyl groups excluding tert-OH is 3. The summed E-state index contributed by atoms with van der Waals surface area (Å²) in [5.74, 6) is 0. The summed E-state index contributed by atoms with van der Waals surface area (Å²) in [5, 5.41) is 38.2. The number of β-amino-alcohol motifs (C(OH)–C–C–N with tert-alkyl or cyclic N) is 1. The minimum atomic E-state index is -0.678. The SMILES string of the molecule is COCC(O)CN1CCNCCNCC1(CC(O)COC)CC(O)COC. The molecule has 1 saturated heterocycles. The molecule has 0 radical (unpaired) electrons. The predicted molar refractivity (Wildman–Crippen MR) is 103 cm³/mol. The monoisotopic (exact) mass is 393 g/mol. The zero-order valence-corrected chi connectivity index (χ0v) is 17.0. The molecule has 1 rings (SSSR count). The smallest absolute Gasteiger partial charge is 0.0900 e. The average Bonchev–Trinajstić information content (AvgIpc) is 2.68. The number of methoxy groups -OCH3 is 3. The maximum atomic E-state index is 10.5. The highest BCUT2D eigenvalue weighted by Gasteiger charge is 2.41. The van der Waals surface area contributed by atoms with Crippen LogP contribution in [-0.2, 0) is 14.2 Å². The molecule has 1 aliphatic heterocycles. The Morgan fingerprint density at radius 3 is 1.89 bits per heavy atom. The van der Waals surface area contributed by atoms with Gasteiger partial charge in [-0.1, -0.05) is 0 Å². The molecular weight excluding hydrogens is 354 g/mol. The van der Waals surface area contributed by atoms with Crippen LogP contribution in [-0.4, -0.2) is 124 Å². The van der Waals surface area contributed by atoms with Crippen LogP contribution < -0.4 is 10.6 Å². The van der Waals surface area contributed by atoms with Crippen LogP contribution in [0.2, 0.25) is 0 Å². The summed E-state index contributed by atoms with van der Waals surface area (Å²) >= 11 is 0. The second-order valence-electron chi connectivity index (χ2n) is 7.33. The van der Waals surface area contributed by atoms with Crippen LogP contribution in [0.1, 0.15) is 12.8 Å². The van der Waals surface area contributed by atoms with Crippen LogP contribution in [0.4, 0.5) is 0 Å². The van der Waals surface area contributed by atoms with E-state index >= 15 is 0 Å². The molecule has 1 aliphatic rings. The average molecular weight is 394 g/mol. The number of hydrogen-bond donors (Lipinski definition) is 5. The first-order valence-electron chi connectivity index (χ1n) is 9.65. The first kappa shape index (κ1) is 24.7. The second-order valence-corrected chi connectivity index (χ2v) is 7.33. The molecule has 0 spiro atoms. The Hall–Kier alpha value is -0.360. The lowest BCUT2D eigenvalue weighted by atomic mass is 9.83. The Morgan fingerprint density at radius 2 is 1.33 bits per heavy atom. The van der Waals surface area contributed by atoms with Crippen LogP contribution >= 0.6 is 0 Å². The number of ether oxygens (including phenoxy) is 3. The van der Waals surface area contributed by atoms with E-state index in [0.29, 0.717) is 32.5 Å². The van der Waals surface area contributed by atoms with Gasteiger partial charge in [-0.25, -0.2) is 0 Å². The molecule has 0 saturated carbocycles. The summed E-state index contributed by atoms with van der Waals surface area (Å²) in [5.41, 5.74) is -0.559. The van der Waals surface area contributed by atoms with Gasteiger partial charge in [0, 0.05) is 66.1 Å². The lowest BCUT2D eigenvalue weighted by Gasteiger charge is -2.47. The van der Waals surface area contributed by atoms with Gasteiger partial charge >= 0.3 is 0 Å². The van der Waals surface area contributed by atoms with Gasteiger partial charge in [-0.2, -0.15) is 0 Å². The fourth-order valence-corrected chi connectivity index (χ4v) is 3.84. The van der Waals surface area contributed by atoms with E-state index in [1.165, 1.54) is 0 Å². The number of hydrogen-bond acceptors (Lipinski definition) is 9. The highest BCUT2D eigenvalue weighted by Crippen LogP contribution is 2.28. The van der Waals surface area contributed by atoms with Gasteiger partial charge in [0.2, 0.25) is 0 Å². The fraction of sp³-hybridized carbons (Fsp3) is 1.00. The molecule has 9 nitrogen and oxygen atoms in total. The second kappa shape index (κ2) is 13.8. The molecule has 0 aromatic heterocycles. The third-order valence-corrected chi connectivity index (χ3v) is 4.90. The van der Waals surface area contributed by atoms with Gasteiger partial charge in [0.15, 0.2) is 0 Å². The van der Waals surface area contributed by atoms with E-state index in [1.54, 1.807) is 21.3 Å². The summed E-state index contributed by atoms with van der Waals surface area (Å²) in [6, 6.07) is 0. The Kier molecular flexibility index (Phi) is 12.6. The quantitative estimate of drug-likeness (QED) is 0.257. The van der Waals surface area contributed by atoms with Crippen molar-refractivity contribution in [3.05, 3.63) is 0 Å². The van der Waals surface area contributed by atoms with Gasteiger partial charge < -0.3 is 40.2 Å². The number of rotatable bonds is 12. The Balaban J connectivity index is 3.11. The van der Waals surface area contributed by atoms with Crippen LogP contribution in [0.3, 0.4) is 0 Å². The minimum Gasteiger partial charge on any atom is -0.391 e. The molecule has 3 atom stereocenters. The van der Waals surface area contributed by atoms with Crippen molar-refractivity contribution in [3.63, 3.8) is 0 Å². The molecule has 9 heteroatoms. The fourth-order valence-electron chi connectivity index (χ4n) is 3.84. The molecule has 27 heavy (non-hydrogen) atoms. The van der Waals surface area contributed by atoms with Gasteiger partial charge in [0.1, 0.15) is 0 Å². The summed E-state index contributed by atoms with van der Waals surface area (Å²) in [4.78, 5) is 2.15. The molecule has 0 aromatic carbocycles. The van der Waals surface area contributed by atoms with Crippen LogP contribution in [0, 0.1) is 0 Å². The van der Waals surface area contributed by atoms with Crippen LogP contribution in [0.5, 0.6) is 0 Å². The van der Waals surface area contributed by atoms with Gasteiger partial charge in [0.05, 0.1) is 38.1 Å². The molecular formula is C18H39N3O6. The van der Waals surface area contributed by atoms with Gasteiger partial charge in [-0.3, -0.25) is 4.90 Å². The summed E-state index contributed by atoms with van der Waals surface area (Å²) in [6.07, 6.45) is -1.19. The molecule has 1 heterocycles. The van der Waals surface area contributed by atoms with E-state index in [2.05, 4.69) is 15.5 Å². The molecule has 162 valence electrons. The first-order chi connectivity index (χ1) is 13.0. The van der Waals surface area contributed by atoms with Crippen molar-refractivity contribution in [2.45, 2.75) is 36.7 Å². The standard InChI is InChI=1S/C18H39N3O6/c1-25-11-15(22)8-18(9-16(23)12-26-2)14-20-5-4-19-6-7-21(18)10-17(24)13-27-3/h15-17,19-20,22-24H,4-14H2,1-3H3. The Bertz CT molecular complexity index is 363. The van der Waals surface area contributed by atoms with E-state index in [4.69, 9.17) is 14.2 Å². The lowest BCUT2D eigenvalue weighted by Crippen LogP contribution is -2.61. The third-order valence-electron chi connectivity index (χ3n) is 4.90. The molecule has 0 aliphatic carbocycles. The van der Waals surface area contributed by atoms with E-state index in [-0.39, 0.29) is 19.8 Å². The molecule has 3 unspecified atom stereocenters. The number of aliphatic hydroxyl groups is 3. The van der Waals surface area contributed by atoms with E-state index in [9.17, 15) is 15.3 Å². The predicted octanol–water partition coefficient (Wildman–Crippen LogP) is -1.98. The Labute approximate surface area is 163 Å². The van der Waals surface area contributed by atoms with Gasteiger partial charge in [-0.05, 0) is 12.8 Å². The highest BCUT2D eigenvalue weighted by atomic mass is 16.5. The van der Waals surface area contributed by atoms with E-state index in [1.807, 2.05) is 0 Å². The molecule has 0 amide bonds. The van der Waals surface area contributed by atoms with Gasteiger partial charge in [0.25, 0.3) is 0 Å². The topological polar surface area (TPSA) is 116 Å². The largest absolute Gasteiger partial charge is 0.391 e. The van der Waals surface area contributed by atoms with Crippen molar-refractivity contribution in [1.29, 1.82) is 0 Å². The highest BCUT2D eigenvalue weighted by molar-refractivity contribution is 4.98. The maximum absolute atomic E-state index is 10.5. The summed E-state index contributed by atoms with van der Waals surface area (Å²) in [6.45, 7) is 4.69. The normalized spacial score (nSPS) is 26.0. The number of nitrogens with zero attached hydrogens (tertiary/aromatic N) is 1. The first-order valence-corrected chi connectivity index (χ1v) is 9.65. The van der Waals surface area contributed by atoms with Gasteiger partial charge in [-0.15, -0.1) is 0 Å². The Morgan fingerprint density at radius 1 is 0.815 bits per heavy atom. The lowest BCUT2D eigenvalue weighted by molar-refractivity contribution is -0.0573. The van der Waals surface area contributed by atoms with Crippen molar-refractivity contribution >= 4 is 0 Å². The zero-order chi connectivity index (χ0) is 20.1. The van der Waals surface area contributed by atoms with Crippen molar-refractivity contribution in [2.75, 3.05) is 80.4 Å². The maximum Gasteiger partial charge on any atom is 0.0900 e. The number of nitrogens with one attached hydrogen (secondary N) is 2. The minimum absolute atomic E-state index is 0.217. The summed E-state index contributed by atoms with van der Waals surface area (Å²) < 4.78 is 15.3. The van der Waals surface area contributed by atoms with Crippen molar-refractivity contribution in [2.24, 2.45) is 0 Å². The molecule has 1 fully saturated rings. The molecule has 5 N–H and O–H groups in total. The van der Waals surface area contributed by atoms with Crippen LogP contribution in [0.15, 0.2) is 0 Å². The molecule has 0 aromatic rings. The van der Waals surface area contributed by atoms with E-state index < -0.39 is 23.9 Å². The van der Waals surface area contributed by atoms with Crippen molar-refractivity contribution in [1.82, 2.24) is 15.5 Å². The van der Waals surface area contributed by atoms with Crippen LogP contribution in [0.25, 0.3) is 0 Å². The van der Waals surface area contributed by atoms with Crippen molar-refractivity contribution < 1.29 is 29.5 Å². The molecule has 0 bridgehead atoms. The third kappa shape index (κ3) is 9.12. The van der Waals surface area contributed by atoms with E-state index in [0.717, 1.165) is 19.6 Å². The van der Waals surface area contributed by atoms with Crippen molar-refractivity contribution in [3.8, 4) is 0 Å². The zero-order valence-electron chi connectivity index (χ0n) is 17.0.